The molecule has 0 aliphatic carbocycles. The van der Waals surface area contributed by atoms with Gasteiger partial charge in [0.25, 0.3) is 0 Å². The lowest BCUT2D eigenvalue weighted by atomic mass is 10.1. The first-order valence-electron chi connectivity index (χ1n) is 6.30. The fourth-order valence-electron chi connectivity index (χ4n) is 2.18. The van der Waals surface area contributed by atoms with Crippen molar-refractivity contribution in [3.05, 3.63) is 45.1 Å². The summed E-state index contributed by atoms with van der Waals surface area (Å²) >= 11 is 5.72. The van der Waals surface area contributed by atoms with Gasteiger partial charge < -0.3 is 0 Å². The van der Waals surface area contributed by atoms with Crippen molar-refractivity contribution in [3.8, 4) is 19.5 Å². The van der Waals surface area contributed by atoms with E-state index in [-0.39, 0.29) is 0 Å². The zero-order chi connectivity index (χ0) is 13.6. The molecule has 0 unspecified atom stereocenters. The van der Waals surface area contributed by atoms with Crippen LogP contribution in [0.15, 0.2) is 24.3 Å². The first-order valence-corrected chi connectivity index (χ1v) is 8.75. The first kappa shape index (κ1) is 13.1. The second-order valence-corrected chi connectivity index (χ2v) is 8.43. The summed E-state index contributed by atoms with van der Waals surface area (Å²) in [6.45, 7) is 8.85. The van der Waals surface area contributed by atoms with Crippen molar-refractivity contribution in [1.82, 2.24) is 0 Å². The molecule has 0 atom stereocenters. The molecule has 0 N–H and O–H groups in total. The van der Waals surface area contributed by atoms with Crippen LogP contribution in [0.5, 0.6) is 0 Å². The van der Waals surface area contributed by atoms with Gasteiger partial charge in [-0.15, -0.1) is 34.0 Å². The van der Waals surface area contributed by atoms with Crippen LogP contribution in [0.25, 0.3) is 19.5 Å². The van der Waals surface area contributed by atoms with Crippen LogP contribution >= 0.6 is 34.0 Å². The molecule has 3 heterocycles. The first-order chi connectivity index (χ1) is 9.06. The second kappa shape index (κ2) is 4.89. The molecule has 0 radical (unpaired) electrons. The Labute approximate surface area is 126 Å². The van der Waals surface area contributed by atoms with Gasteiger partial charge in [-0.3, -0.25) is 0 Å². The summed E-state index contributed by atoms with van der Waals surface area (Å²) in [6, 6.07) is 8.93. The van der Waals surface area contributed by atoms with Gasteiger partial charge in [-0.2, -0.15) is 0 Å². The van der Waals surface area contributed by atoms with E-state index in [0.717, 1.165) is 0 Å². The zero-order valence-electron chi connectivity index (χ0n) is 11.5. The third kappa shape index (κ3) is 2.31. The molecule has 3 aromatic rings. The Morgan fingerprint density at radius 2 is 1.00 bits per heavy atom. The van der Waals surface area contributed by atoms with Crippen LogP contribution in [-0.2, 0) is 0 Å². The largest absolute Gasteiger partial charge is 0.140 e. The Kier molecular flexibility index (Phi) is 3.37. The fourth-order valence-corrected chi connectivity index (χ4v) is 5.56. The molecule has 19 heavy (non-hydrogen) atoms. The summed E-state index contributed by atoms with van der Waals surface area (Å²) < 4.78 is 0. The average molecular weight is 305 g/mol. The molecule has 0 nitrogen and oxygen atoms in total. The third-order valence-corrected chi connectivity index (χ3v) is 7.13. The quantitative estimate of drug-likeness (QED) is 0.511. The summed E-state index contributed by atoms with van der Waals surface area (Å²) in [5, 5.41) is 0. The molecule has 3 heteroatoms. The lowest BCUT2D eigenvalue weighted by Crippen LogP contribution is -1.75. The molecule has 0 amide bonds. The minimum absolute atomic E-state index is 1.38. The van der Waals surface area contributed by atoms with Gasteiger partial charge in [0, 0.05) is 29.3 Å². The highest BCUT2D eigenvalue weighted by Gasteiger charge is 2.16. The van der Waals surface area contributed by atoms with Crippen molar-refractivity contribution in [1.29, 1.82) is 0 Å². The smallest absolute Gasteiger partial charge is 0.0481 e. The van der Waals surface area contributed by atoms with E-state index in [4.69, 9.17) is 0 Å². The van der Waals surface area contributed by atoms with Crippen LogP contribution in [0.3, 0.4) is 0 Å². The minimum Gasteiger partial charge on any atom is -0.140 e. The molecule has 0 aliphatic heterocycles. The van der Waals surface area contributed by atoms with Crippen LogP contribution in [0.2, 0.25) is 0 Å². The summed E-state index contributed by atoms with van der Waals surface area (Å²) in [4.78, 5) is 8.46. The SMILES string of the molecule is Cc1ccc(-c2sc(-c3ccc(C)s3)c(C)c2C)s1. The minimum atomic E-state index is 1.38. The van der Waals surface area contributed by atoms with E-state index in [1.807, 2.05) is 34.0 Å². The van der Waals surface area contributed by atoms with Gasteiger partial charge in [0.05, 0.1) is 0 Å². The van der Waals surface area contributed by atoms with E-state index in [0.29, 0.717) is 0 Å². The van der Waals surface area contributed by atoms with Gasteiger partial charge in [0.15, 0.2) is 0 Å². The van der Waals surface area contributed by atoms with Crippen LogP contribution in [-0.4, -0.2) is 0 Å². The van der Waals surface area contributed by atoms with Gasteiger partial charge in [-0.05, 0) is 63.1 Å². The molecule has 0 saturated heterocycles. The molecule has 3 aromatic heterocycles. The predicted molar refractivity (Wildman–Crippen MR) is 89.9 cm³/mol. The Morgan fingerprint density at radius 3 is 1.32 bits per heavy atom. The molecule has 0 bridgehead atoms. The molecule has 0 spiro atoms. The second-order valence-electron chi connectivity index (χ2n) is 4.83. The summed E-state index contributed by atoms with van der Waals surface area (Å²) in [5.74, 6) is 0. The Morgan fingerprint density at radius 1 is 0.579 bits per heavy atom. The van der Waals surface area contributed by atoms with E-state index in [1.165, 1.54) is 40.4 Å². The van der Waals surface area contributed by atoms with Gasteiger partial charge in [0.2, 0.25) is 0 Å². The summed E-state index contributed by atoms with van der Waals surface area (Å²) in [6.07, 6.45) is 0. The standard InChI is InChI=1S/C16H16S3/c1-9-5-7-13(17-9)15-11(3)12(4)16(19-15)14-8-6-10(2)18-14/h5-8H,1-4H3. The Balaban J connectivity index is 2.14. The lowest BCUT2D eigenvalue weighted by molar-refractivity contribution is 1.41. The number of thiophene rings is 3. The van der Waals surface area contributed by atoms with E-state index in [9.17, 15) is 0 Å². The van der Waals surface area contributed by atoms with E-state index in [1.54, 1.807) is 0 Å². The molecule has 3 rings (SSSR count). The normalized spacial score (nSPS) is 11.2. The molecular formula is C16H16S3. The molecule has 98 valence electrons. The molecular weight excluding hydrogens is 288 g/mol. The highest BCUT2D eigenvalue weighted by molar-refractivity contribution is 7.26. The number of aryl methyl sites for hydroxylation is 2. The topological polar surface area (TPSA) is 0 Å². The summed E-state index contributed by atoms with van der Waals surface area (Å²) in [5.41, 5.74) is 2.88. The van der Waals surface area contributed by atoms with Crippen molar-refractivity contribution in [2.45, 2.75) is 27.7 Å². The number of hydrogen-bond acceptors (Lipinski definition) is 3. The zero-order valence-corrected chi connectivity index (χ0v) is 14.0. The van der Waals surface area contributed by atoms with E-state index >= 15 is 0 Å². The van der Waals surface area contributed by atoms with Crippen LogP contribution < -0.4 is 0 Å². The maximum atomic E-state index is 2.25. The van der Waals surface area contributed by atoms with Gasteiger partial charge in [0.1, 0.15) is 0 Å². The van der Waals surface area contributed by atoms with E-state index < -0.39 is 0 Å². The lowest BCUT2D eigenvalue weighted by Gasteiger charge is -1.95. The fraction of sp³-hybridized carbons (Fsp3) is 0.250. The maximum absolute atomic E-state index is 2.25. The van der Waals surface area contributed by atoms with Crippen molar-refractivity contribution >= 4 is 34.0 Å². The monoisotopic (exact) mass is 304 g/mol. The van der Waals surface area contributed by atoms with Crippen molar-refractivity contribution in [2.24, 2.45) is 0 Å². The summed E-state index contributed by atoms with van der Waals surface area (Å²) in [7, 11) is 0. The number of hydrogen-bond donors (Lipinski definition) is 0. The van der Waals surface area contributed by atoms with Gasteiger partial charge in [-0.1, -0.05) is 0 Å². The molecule has 0 fully saturated rings. The van der Waals surface area contributed by atoms with E-state index in [2.05, 4.69) is 52.0 Å². The Bertz CT molecular complexity index is 664. The van der Waals surface area contributed by atoms with Crippen molar-refractivity contribution in [3.63, 3.8) is 0 Å². The van der Waals surface area contributed by atoms with Crippen LogP contribution in [0.1, 0.15) is 20.9 Å². The van der Waals surface area contributed by atoms with Crippen LogP contribution in [0, 0.1) is 27.7 Å². The predicted octanol–water partition coefficient (Wildman–Crippen LogP) is 6.44. The van der Waals surface area contributed by atoms with Gasteiger partial charge in [-0.25, -0.2) is 0 Å². The van der Waals surface area contributed by atoms with Crippen molar-refractivity contribution < 1.29 is 0 Å². The highest BCUT2D eigenvalue weighted by atomic mass is 32.1. The molecule has 0 saturated carbocycles. The average Bonchev–Trinajstić information content (AvgIpc) is 3.03. The van der Waals surface area contributed by atoms with Crippen LogP contribution in [0.4, 0.5) is 0 Å². The Hall–Kier alpha value is -0.900. The number of rotatable bonds is 2. The van der Waals surface area contributed by atoms with Crippen molar-refractivity contribution in [2.75, 3.05) is 0 Å². The highest BCUT2D eigenvalue weighted by Crippen LogP contribution is 2.45. The molecule has 0 aliphatic rings. The third-order valence-electron chi connectivity index (χ3n) is 3.38. The van der Waals surface area contributed by atoms with Gasteiger partial charge >= 0.3 is 0 Å². The maximum Gasteiger partial charge on any atom is 0.0481 e. The molecule has 0 aromatic carbocycles.